The molecule has 2 aromatic heterocycles. The van der Waals surface area contributed by atoms with Crippen LogP contribution in [0.15, 0.2) is 27.9 Å². The predicted octanol–water partition coefficient (Wildman–Crippen LogP) is 3.71. The second kappa shape index (κ2) is 8.67. The molecule has 0 atom stereocenters. The molecule has 0 aliphatic heterocycles. The first-order chi connectivity index (χ1) is 9.99. The van der Waals surface area contributed by atoms with E-state index in [1.54, 1.807) is 18.4 Å². The molecule has 2 rings (SSSR count). The van der Waals surface area contributed by atoms with Gasteiger partial charge in [0.05, 0.1) is 13.1 Å². The van der Waals surface area contributed by atoms with E-state index in [0.29, 0.717) is 17.5 Å². The minimum absolute atomic E-state index is 0. The molecule has 0 amide bonds. The molecule has 0 saturated carbocycles. The molecule has 2 aromatic rings. The molecule has 0 spiro atoms. The Morgan fingerprint density at radius 2 is 2.00 bits per heavy atom. The zero-order chi connectivity index (χ0) is 15.3. The highest BCUT2D eigenvalue weighted by molar-refractivity contribution is 14.0. The number of guanidine groups is 1. The number of nitrogens with zero attached hydrogens (tertiary/aromatic N) is 2. The van der Waals surface area contributed by atoms with Crippen molar-refractivity contribution in [3.05, 3.63) is 38.5 Å². The Bertz CT molecular complexity index is 596. The highest BCUT2D eigenvalue weighted by Crippen LogP contribution is 2.29. The summed E-state index contributed by atoms with van der Waals surface area (Å²) in [6, 6.07) is 3.94. The van der Waals surface area contributed by atoms with Gasteiger partial charge < -0.3 is 10.6 Å². The molecule has 122 valence electrons. The van der Waals surface area contributed by atoms with Crippen molar-refractivity contribution in [3.63, 3.8) is 0 Å². The number of halogens is 4. The predicted molar refractivity (Wildman–Crippen MR) is 93.9 cm³/mol. The van der Waals surface area contributed by atoms with Gasteiger partial charge in [-0.05, 0) is 11.4 Å². The quantitative estimate of drug-likeness (QED) is 0.414. The monoisotopic (exact) mass is 462 g/mol. The van der Waals surface area contributed by atoms with Crippen molar-refractivity contribution >= 4 is 52.6 Å². The highest BCUT2D eigenvalue weighted by Gasteiger charge is 2.33. The normalized spacial score (nSPS) is 11.9. The van der Waals surface area contributed by atoms with Crippen LogP contribution in [0.1, 0.15) is 15.6 Å². The SMILES string of the molecule is CN=C(NCc1cccs1)NCc1nc(C(F)(F)F)cs1.I. The number of hydrogen-bond acceptors (Lipinski definition) is 4. The lowest BCUT2D eigenvalue weighted by atomic mass is 10.4. The molecule has 0 fully saturated rings. The Hall–Kier alpha value is -0.880. The summed E-state index contributed by atoms with van der Waals surface area (Å²) in [6.07, 6.45) is -4.39. The first-order valence-electron chi connectivity index (χ1n) is 5.97. The summed E-state index contributed by atoms with van der Waals surface area (Å²) in [5, 5.41) is 9.37. The van der Waals surface area contributed by atoms with Gasteiger partial charge in [-0.3, -0.25) is 4.99 Å². The van der Waals surface area contributed by atoms with Crippen LogP contribution in [-0.2, 0) is 19.3 Å². The van der Waals surface area contributed by atoms with Gasteiger partial charge in [0.2, 0.25) is 0 Å². The second-order valence-electron chi connectivity index (χ2n) is 3.98. The molecular weight excluding hydrogens is 448 g/mol. The van der Waals surface area contributed by atoms with Gasteiger partial charge in [0.15, 0.2) is 11.7 Å². The fraction of sp³-hybridized carbons (Fsp3) is 0.333. The van der Waals surface area contributed by atoms with Crippen LogP contribution in [0, 0.1) is 0 Å². The fourth-order valence-electron chi connectivity index (χ4n) is 1.49. The molecule has 0 aromatic carbocycles. The zero-order valence-corrected chi connectivity index (χ0v) is 15.4. The van der Waals surface area contributed by atoms with E-state index >= 15 is 0 Å². The number of aromatic nitrogens is 1. The van der Waals surface area contributed by atoms with Crippen LogP contribution in [0.5, 0.6) is 0 Å². The number of nitrogens with one attached hydrogen (secondary N) is 2. The average molecular weight is 462 g/mol. The average Bonchev–Trinajstić information content (AvgIpc) is 3.09. The van der Waals surface area contributed by atoms with Crippen LogP contribution in [-0.4, -0.2) is 18.0 Å². The number of aliphatic imine (C=N–C) groups is 1. The van der Waals surface area contributed by atoms with E-state index < -0.39 is 11.9 Å². The number of thiazole rings is 1. The van der Waals surface area contributed by atoms with Crippen LogP contribution in [0.4, 0.5) is 13.2 Å². The Balaban J connectivity index is 0.00000242. The number of rotatable bonds is 4. The van der Waals surface area contributed by atoms with Crippen LogP contribution in [0.25, 0.3) is 0 Å². The molecule has 0 aliphatic carbocycles. The van der Waals surface area contributed by atoms with Crippen molar-refractivity contribution in [3.8, 4) is 0 Å². The van der Waals surface area contributed by atoms with Gasteiger partial charge in [0.25, 0.3) is 0 Å². The zero-order valence-electron chi connectivity index (χ0n) is 11.5. The maximum Gasteiger partial charge on any atom is 0.434 e. The third-order valence-corrected chi connectivity index (χ3v) is 4.21. The van der Waals surface area contributed by atoms with E-state index in [-0.39, 0.29) is 30.5 Å². The van der Waals surface area contributed by atoms with E-state index in [9.17, 15) is 13.2 Å². The largest absolute Gasteiger partial charge is 0.434 e. The minimum Gasteiger partial charge on any atom is -0.352 e. The molecule has 2 N–H and O–H groups in total. The molecule has 0 unspecified atom stereocenters. The number of alkyl halides is 3. The molecule has 0 aliphatic rings. The lowest BCUT2D eigenvalue weighted by Crippen LogP contribution is -2.36. The summed E-state index contributed by atoms with van der Waals surface area (Å²) in [4.78, 5) is 8.70. The van der Waals surface area contributed by atoms with Crippen molar-refractivity contribution < 1.29 is 13.2 Å². The lowest BCUT2D eigenvalue weighted by Gasteiger charge is -2.09. The molecule has 4 nitrogen and oxygen atoms in total. The number of thiophene rings is 1. The van der Waals surface area contributed by atoms with Gasteiger partial charge in [-0.2, -0.15) is 13.2 Å². The van der Waals surface area contributed by atoms with E-state index in [1.807, 2.05) is 17.5 Å². The third kappa shape index (κ3) is 5.72. The van der Waals surface area contributed by atoms with Gasteiger partial charge in [-0.1, -0.05) is 6.07 Å². The van der Waals surface area contributed by atoms with Gasteiger partial charge in [0.1, 0.15) is 5.01 Å². The van der Waals surface area contributed by atoms with E-state index in [0.717, 1.165) is 21.6 Å². The second-order valence-corrected chi connectivity index (χ2v) is 5.96. The summed E-state index contributed by atoms with van der Waals surface area (Å²) < 4.78 is 37.3. The smallest absolute Gasteiger partial charge is 0.352 e. The van der Waals surface area contributed by atoms with Gasteiger partial charge in [-0.15, -0.1) is 46.7 Å². The summed E-state index contributed by atoms with van der Waals surface area (Å²) in [5.41, 5.74) is -0.856. The standard InChI is InChI=1S/C12H13F3N4S2.HI/c1-16-11(17-5-8-3-2-4-20-8)18-6-10-19-9(7-21-10)12(13,14)15;/h2-4,7H,5-6H2,1H3,(H2,16,17,18);1H. The summed E-state index contributed by atoms with van der Waals surface area (Å²) in [6.45, 7) is 0.813. The fourth-order valence-corrected chi connectivity index (χ4v) is 2.87. The molecular formula is C12H14F3IN4S2. The van der Waals surface area contributed by atoms with Crippen LogP contribution in [0.3, 0.4) is 0 Å². The van der Waals surface area contributed by atoms with Crippen LogP contribution < -0.4 is 10.6 Å². The third-order valence-electron chi connectivity index (χ3n) is 2.48. The van der Waals surface area contributed by atoms with Crippen molar-refractivity contribution in [1.82, 2.24) is 15.6 Å². The minimum atomic E-state index is -4.39. The Labute approximate surface area is 150 Å². The molecule has 0 bridgehead atoms. The maximum absolute atomic E-state index is 12.4. The van der Waals surface area contributed by atoms with Crippen molar-refractivity contribution in [1.29, 1.82) is 0 Å². The van der Waals surface area contributed by atoms with E-state index in [2.05, 4.69) is 20.6 Å². The Morgan fingerprint density at radius 1 is 1.27 bits per heavy atom. The first kappa shape index (κ1) is 19.2. The van der Waals surface area contributed by atoms with E-state index in [4.69, 9.17) is 0 Å². The van der Waals surface area contributed by atoms with Gasteiger partial charge in [0, 0.05) is 17.3 Å². The maximum atomic E-state index is 12.4. The van der Waals surface area contributed by atoms with Crippen molar-refractivity contribution in [2.24, 2.45) is 4.99 Å². The topological polar surface area (TPSA) is 49.3 Å². The lowest BCUT2D eigenvalue weighted by molar-refractivity contribution is -0.140. The molecule has 10 heteroatoms. The molecule has 22 heavy (non-hydrogen) atoms. The van der Waals surface area contributed by atoms with Crippen molar-refractivity contribution in [2.45, 2.75) is 19.3 Å². The Kier molecular flexibility index (Phi) is 7.56. The summed E-state index contributed by atoms with van der Waals surface area (Å²) in [7, 11) is 1.60. The number of hydrogen-bond donors (Lipinski definition) is 2. The van der Waals surface area contributed by atoms with Gasteiger partial charge >= 0.3 is 6.18 Å². The molecule has 0 radical (unpaired) electrons. The van der Waals surface area contributed by atoms with Gasteiger partial charge in [-0.25, -0.2) is 4.98 Å². The van der Waals surface area contributed by atoms with E-state index in [1.165, 1.54) is 0 Å². The highest BCUT2D eigenvalue weighted by atomic mass is 127. The van der Waals surface area contributed by atoms with Crippen LogP contribution in [0.2, 0.25) is 0 Å². The van der Waals surface area contributed by atoms with Crippen molar-refractivity contribution in [2.75, 3.05) is 7.05 Å². The summed E-state index contributed by atoms with van der Waals surface area (Å²) in [5.74, 6) is 0.521. The molecule has 0 saturated heterocycles. The first-order valence-corrected chi connectivity index (χ1v) is 7.73. The Morgan fingerprint density at radius 3 is 2.55 bits per heavy atom. The van der Waals surface area contributed by atoms with Crippen LogP contribution >= 0.6 is 46.7 Å². The summed E-state index contributed by atoms with van der Waals surface area (Å²) >= 11 is 2.59. The molecule has 2 heterocycles.